The van der Waals surface area contributed by atoms with Crippen LogP contribution in [0.15, 0.2) is 24.3 Å². The molecule has 6 nitrogen and oxygen atoms in total. The van der Waals surface area contributed by atoms with Crippen LogP contribution >= 0.6 is 0 Å². The Kier molecular flexibility index (Phi) is 3.27. The molecule has 0 saturated carbocycles. The van der Waals surface area contributed by atoms with E-state index < -0.39 is 28.3 Å². The molecule has 0 aromatic heterocycles. The number of halogens is 1. The molecule has 0 aliphatic carbocycles. The van der Waals surface area contributed by atoms with Crippen LogP contribution < -0.4 is 0 Å². The van der Waals surface area contributed by atoms with E-state index in [-0.39, 0.29) is 5.56 Å². The van der Waals surface area contributed by atoms with Gasteiger partial charge >= 0.3 is 6.17 Å². The zero-order valence-corrected chi connectivity index (χ0v) is 7.50. The normalized spacial score (nSPS) is 10.3. The lowest BCUT2D eigenvalue weighted by molar-refractivity contribution is -0.741. The lowest BCUT2D eigenvalue weighted by Crippen LogP contribution is -2.31. The average Bonchev–Trinajstić information content (AvgIpc) is 2.15. The molecule has 0 unspecified atom stereocenters. The van der Waals surface area contributed by atoms with Crippen LogP contribution in [0.2, 0.25) is 0 Å². The van der Waals surface area contributed by atoms with Crippen molar-refractivity contribution in [2.45, 2.75) is 12.6 Å². The minimum Gasteiger partial charge on any atom is -0.259 e. The monoisotopic (exact) mass is 214 g/mol. The summed E-state index contributed by atoms with van der Waals surface area (Å²) in [7, 11) is 0. The summed E-state index contributed by atoms with van der Waals surface area (Å²) in [5.41, 5.74) is -0.0316. The third kappa shape index (κ3) is 2.70. The first-order valence-corrected chi connectivity index (χ1v) is 4.02. The van der Waals surface area contributed by atoms with Crippen LogP contribution in [-0.4, -0.2) is 16.0 Å². The molecule has 1 aromatic carbocycles. The van der Waals surface area contributed by atoms with Gasteiger partial charge in [0, 0.05) is 5.56 Å². The Morgan fingerprint density at radius 1 is 1.20 bits per heavy atom. The average molecular weight is 214 g/mol. The van der Waals surface area contributed by atoms with Crippen LogP contribution in [0.1, 0.15) is 5.56 Å². The van der Waals surface area contributed by atoms with E-state index in [1.165, 1.54) is 18.2 Å². The molecule has 0 aliphatic rings. The Balaban J connectivity index is 2.88. The van der Waals surface area contributed by atoms with Crippen LogP contribution in [0.3, 0.4) is 0 Å². The van der Waals surface area contributed by atoms with Gasteiger partial charge in [-0.05, 0) is 6.07 Å². The number of benzene rings is 1. The summed E-state index contributed by atoms with van der Waals surface area (Å²) >= 11 is 0. The zero-order chi connectivity index (χ0) is 11.4. The van der Waals surface area contributed by atoms with Crippen LogP contribution in [0.4, 0.5) is 4.39 Å². The quantitative estimate of drug-likeness (QED) is 0.428. The van der Waals surface area contributed by atoms with E-state index in [1.54, 1.807) is 0 Å². The number of nitro groups is 2. The van der Waals surface area contributed by atoms with E-state index in [4.69, 9.17) is 0 Å². The smallest absolute Gasteiger partial charge is 0.259 e. The molecule has 0 spiro atoms. The minimum absolute atomic E-state index is 0.0316. The molecule has 0 atom stereocenters. The van der Waals surface area contributed by atoms with E-state index in [0.29, 0.717) is 0 Å². The van der Waals surface area contributed by atoms with Crippen molar-refractivity contribution in [1.29, 1.82) is 0 Å². The summed E-state index contributed by atoms with van der Waals surface area (Å²) in [6.07, 6.45) is -2.55. The first kappa shape index (κ1) is 11.0. The van der Waals surface area contributed by atoms with Gasteiger partial charge in [0.1, 0.15) is 12.2 Å². The van der Waals surface area contributed by atoms with E-state index >= 15 is 0 Å². The third-order valence-electron chi connectivity index (χ3n) is 1.85. The number of rotatable bonds is 4. The van der Waals surface area contributed by atoms with E-state index in [1.807, 2.05) is 0 Å². The fourth-order valence-electron chi connectivity index (χ4n) is 1.09. The van der Waals surface area contributed by atoms with E-state index in [0.717, 1.165) is 6.07 Å². The molecule has 0 aliphatic heterocycles. The molecule has 1 aromatic rings. The maximum atomic E-state index is 13.0. The Morgan fingerprint density at radius 3 is 2.20 bits per heavy atom. The topological polar surface area (TPSA) is 86.3 Å². The molecule has 0 radical (unpaired) electrons. The minimum atomic E-state index is -2.00. The van der Waals surface area contributed by atoms with Crippen molar-refractivity contribution in [3.05, 3.63) is 55.9 Å². The van der Waals surface area contributed by atoms with Gasteiger partial charge in [-0.1, -0.05) is 18.2 Å². The molecular weight excluding hydrogens is 207 g/mol. The Labute approximate surface area is 83.6 Å². The highest BCUT2D eigenvalue weighted by atomic mass is 19.1. The molecule has 0 saturated heterocycles. The molecule has 0 N–H and O–H groups in total. The second kappa shape index (κ2) is 4.45. The van der Waals surface area contributed by atoms with Crippen molar-refractivity contribution < 1.29 is 14.2 Å². The predicted octanol–water partition coefficient (Wildman–Crippen LogP) is 1.25. The second-order valence-electron chi connectivity index (χ2n) is 2.85. The van der Waals surface area contributed by atoms with Crippen molar-refractivity contribution in [1.82, 2.24) is 0 Å². The van der Waals surface area contributed by atoms with E-state index in [2.05, 4.69) is 0 Å². The fraction of sp³-hybridized carbons (Fsp3) is 0.250. The van der Waals surface area contributed by atoms with Crippen molar-refractivity contribution >= 4 is 0 Å². The van der Waals surface area contributed by atoms with Gasteiger partial charge in [0.05, 0.1) is 9.85 Å². The standard InChI is InChI=1S/C8H7FN2O4/c9-7-4-2-1-3-6(7)5-8(10(12)13)11(14)15/h1-4,8H,5H2. The molecule has 7 heteroatoms. The van der Waals surface area contributed by atoms with Crippen LogP contribution in [0.5, 0.6) is 0 Å². The first-order chi connectivity index (χ1) is 7.02. The summed E-state index contributed by atoms with van der Waals surface area (Å²) < 4.78 is 13.0. The van der Waals surface area contributed by atoms with Gasteiger partial charge in [0.25, 0.3) is 0 Å². The van der Waals surface area contributed by atoms with Gasteiger partial charge in [-0.2, -0.15) is 0 Å². The zero-order valence-electron chi connectivity index (χ0n) is 7.50. The van der Waals surface area contributed by atoms with Gasteiger partial charge < -0.3 is 0 Å². The van der Waals surface area contributed by atoms with E-state index in [9.17, 15) is 24.6 Å². The predicted molar refractivity (Wildman–Crippen MR) is 47.9 cm³/mol. The largest absolute Gasteiger partial charge is 0.454 e. The first-order valence-electron chi connectivity index (χ1n) is 4.02. The highest BCUT2D eigenvalue weighted by Gasteiger charge is 2.33. The second-order valence-corrected chi connectivity index (χ2v) is 2.85. The van der Waals surface area contributed by atoms with Crippen LogP contribution in [0.25, 0.3) is 0 Å². The Bertz CT molecular complexity index is 382. The number of hydrogen-bond acceptors (Lipinski definition) is 4. The van der Waals surface area contributed by atoms with Crippen molar-refractivity contribution in [2.75, 3.05) is 0 Å². The van der Waals surface area contributed by atoms with Gasteiger partial charge in [-0.3, -0.25) is 20.2 Å². The summed E-state index contributed by atoms with van der Waals surface area (Å²) in [5, 5.41) is 20.6. The van der Waals surface area contributed by atoms with Crippen LogP contribution in [-0.2, 0) is 6.42 Å². The lowest BCUT2D eigenvalue weighted by Gasteiger charge is -2.02. The fourth-order valence-corrected chi connectivity index (χ4v) is 1.09. The molecule has 0 fully saturated rings. The maximum absolute atomic E-state index is 13.0. The molecular formula is C8H7FN2O4. The molecule has 1 rings (SSSR count). The van der Waals surface area contributed by atoms with Gasteiger partial charge in [-0.15, -0.1) is 0 Å². The molecule has 15 heavy (non-hydrogen) atoms. The Morgan fingerprint density at radius 2 is 1.73 bits per heavy atom. The van der Waals surface area contributed by atoms with Gasteiger partial charge in [-0.25, -0.2) is 4.39 Å². The molecule has 0 heterocycles. The number of hydrogen-bond donors (Lipinski definition) is 0. The molecule has 80 valence electrons. The summed E-state index contributed by atoms with van der Waals surface area (Å²) in [4.78, 5) is 18.5. The summed E-state index contributed by atoms with van der Waals surface area (Å²) in [5.74, 6) is -0.675. The van der Waals surface area contributed by atoms with Crippen LogP contribution in [0, 0.1) is 26.0 Å². The van der Waals surface area contributed by atoms with Crippen molar-refractivity contribution in [3.8, 4) is 0 Å². The highest BCUT2D eigenvalue weighted by molar-refractivity contribution is 5.17. The summed E-state index contributed by atoms with van der Waals surface area (Å²) in [6.45, 7) is 0. The third-order valence-corrected chi connectivity index (χ3v) is 1.85. The highest BCUT2D eigenvalue weighted by Crippen LogP contribution is 2.10. The number of nitrogens with zero attached hydrogens (tertiary/aromatic N) is 2. The SMILES string of the molecule is O=[N+]([O-])C(Cc1ccccc1F)[N+](=O)[O-]. The maximum Gasteiger partial charge on any atom is 0.454 e. The Hall–Kier alpha value is -2.05. The van der Waals surface area contributed by atoms with Crippen molar-refractivity contribution in [2.24, 2.45) is 0 Å². The van der Waals surface area contributed by atoms with Gasteiger partial charge in [0.15, 0.2) is 0 Å². The summed E-state index contributed by atoms with van der Waals surface area (Å²) in [6, 6.07) is 5.27. The van der Waals surface area contributed by atoms with Crippen molar-refractivity contribution in [3.63, 3.8) is 0 Å². The molecule has 0 bridgehead atoms. The lowest BCUT2D eigenvalue weighted by atomic mass is 10.1. The molecule has 0 amide bonds. The van der Waals surface area contributed by atoms with Gasteiger partial charge in [0.2, 0.25) is 0 Å².